The third kappa shape index (κ3) is 4.36. The van der Waals surface area contributed by atoms with Crippen LogP contribution in [-0.4, -0.2) is 13.0 Å². The molecule has 0 unspecified atom stereocenters. The predicted octanol–water partition coefficient (Wildman–Crippen LogP) is 4.23. The van der Waals surface area contributed by atoms with Gasteiger partial charge in [-0.25, -0.2) is 0 Å². The first-order chi connectivity index (χ1) is 11.0. The van der Waals surface area contributed by atoms with E-state index in [2.05, 4.69) is 5.32 Å². The molecule has 0 aliphatic rings. The van der Waals surface area contributed by atoms with E-state index < -0.39 is 0 Å². The highest BCUT2D eigenvalue weighted by atomic mass is 16.5. The van der Waals surface area contributed by atoms with Crippen molar-refractivity contribution < 1.29 is 14.3 Å². The van der Waals surface area contributed by atoms with Gasteiger partial charge >= 0.3 is 0 Å². The van der Waals surface area contributed by atoms with Gasteiger partial charge in [-0.2, -0.15) is 0 Å². The number of hydrogen-bond acceptors (Lipinski definition) is 3. The van der Waals surface area contributed by atoms with Crippen LogP contribution in [-0.2, 0) is 4.79 Å². The van der Waals surface area contributed by atoms with Gasteiger partial charge in [0.25, 0.3) is 5.91 Å². The topological polar surface area (TPSA) is 47.6 Å². The van der Waals surface area contributed by atoms with Gasteiger partial charge in [-0.15, -0.1) is 0 Å². The maximum Gasteiger partial charge on any atom is 0.254 e. The molecule has 23 heavy (non-hydrogen) atoms. The van der Waals surface area contributed by atoms with Gasteiger partial charge in [-0.1, -0.05) is 18.2 Å². The number of anilines is 1. The first-order valence-corrected chi connectivity index (χ1v) is 7.36. The van der Waals surface area contributed by atoms with Gasteiger partial charge in [0.1, 0.15) is 0 Å². The molecule has 0 fully saturated rings. The van der Waals surface area contributed by atoms with E-state index in [0.29, 0.717) is 17.1 Å². The van der Waals surface area contributed by atoms with Crippen molar-refractivity contribution in [3.63, 3.8) is 0 Å². The molecule has 120 valence electrons. The number of ether oxygens (including phenoxy) is 2. The van der Waals surface area contributed by atoms with Crippen molar-refractivity contribution in [3.05, 3.63) is 65.4 Å². The zero-order valence-electron chi connectivity index (χ0n) is 13.8. The highest BCUT2D eigenvalue weighted by Crippen LogP contribution is 2.26. The summed E-state index contributed by atoms with van der Waals surface area (Å²) in [5, 5.41) is 2.86. The molecule has 4 heteroatoms. The summed E-state index contributed by atoms with van der Waals surface area (Å²) in [5.41, 5.74) is 3.56. The summed E-state index contributed by atoms with van der Waals surface area (Å²) < 4.78 is 10.7. The van der Waals surface area contributed by atoms with Crippen molar-refractivity contribution in [1.82, 2.24) is 0 Å². The first-order valence-electron chi connectivity index (χ1n) is 7.36. The van der Waals surface area contributed by atoms with Crippen LogP contribution in [0.2, 0.25) is 0 Å². The largest absolute Gasteiger partial charge is 0.493 e. The minimum atomic E-state index is -0.205. The summed E-state index contributed by atoms with van der Waals surface area (Å²) in [7, 11) is 1.57. The number of aryl methyl sites for hydroxylation is 2. The summed E-state index contributed by atoms with van der Waals surface area (Å²) >= 11 is 0. The summed E-state index contributed by atoms with van der Waals surface area (Å²) in [6.45, 7) is 5.75. The van der Waals surface area contributed by atoms with Gasteiger partial charge in [0.15, 0.2) is 11.5 Å². The fourth-order valence-corrected chi connectivity index (χ4v) is 1.97. The van der Waals surface area contributed by atoms with Crippen LogP contribution in [0.15, 0.2) is 54.3 Å². The van der Waals surface area contributed by atoms with E-state index in [1.807, 2.05) is 44.2 Å². The molecule has 0 radical (unpaired) electrons. The van der Waals surface area contributed by atoms with Crippen molar-refractivity contribution >= 4 is 11.6 Å². The molecule has 0 aliphatic heterocycles. The Labute approximate surface area is 136 Å². The van der Waals surface area contributed by atoms with Crippen molar-refractivity contribution in [3.8, 4) is 11.5 Å². The average Bonchev–Trinajstić information content (AvgIpc) is 2.56. The third-order valence-corrected chi connectivity index (χ3v) is 3.55. The molecule has 0 heterocycles. The monoisotopic (exact) mass is 311 g/mol. The number of benzene rings is 2. The van der Waals surface area contributed by atoms with Gasteiger partial charge in [0.05, 0.1) is 13.4 Å². The molecular weight excluding hydrogens is 290 g/mol. The molecule has 0 aromatic heterocycles. The molecule has 1 N–H and O–H groups in total. The van der Waals surface area contributed by atoms with Crippen LogP contribution >= 0.6 is 0 Å². The molecular formula is C19H21NO3. The minimum Gasteiger partial charge on any atom is -0.493 e. The molecule has 2 rings (SSSR count). The number of amides is 1. The molecule has 4 nitrogen and oxygen atoms in total. The van der Waals surface area contributed by atoms with Crippen LogP contribution in [0, 0.1) is 13.8 Å². The second-order valence-corrected chi connectivity index (χ2v) is 5.32. The van der Waals surface area contributed by atoms with E-state index in [4.69, 9.17) is 9.47 Å². The van der Waals surface area contributed by atoms with Crippen molar-refractivity contribution in [2.75, 3.05) is 12.4 Å². The van der Waals surface area contributed by atoms with Gasteiger partial charge in [-0.3, -0.25) is 4.79 Å². The lowest BCUT2D eigenvalue weighted by Crippen LogP contribution is -2.13. The Kier molecular flexibility index (Phi) is 5.41. The fraction of sp³-hybridized carbons (Fsp3) is 0.211. The SMILES string of the molecule is COc1ccccc1OC=C(C)C(=O)Nc1ccc(C)c(C)c1. The first kappa shape index (κ1) is 16.6. The summed E-state index contributed by atoms with van der Waals surface area (Å²) in [4.78, 5) is 12.2. The van der Waals surface area contributed by atoms with E-state index in [9.17, 15) is 4.79 Å². The molecule has 0 bridgehead atoms. The van der Waals surface area contributed by atoms with Crippen molar-refractivity contribution in [2.45, 2.75) is 20.8 Å². The molecule has 2 aromatic rings. The summed E-state index contributed by atoms with van der Waals surface area (Å²) in [6, 6.07) is 13.1. The van der Waals surface area contributed by atoms with Crippen LogP contribution in [0.25, 0.3) is 0 Å². The van der Waals surface area contributed by atoms with E-state index >= 15 is 0 Å². The van der Waals surface area contributed by atoms with Gasteiger partial charge < -0.3 is 14.8 Å². The van der Waals surface area contributed by atoms with E-state index in [1.54, 1.807) is 26.2 Å². The molecule has 0 saturated heterocycles. The van der Waals surface area contributed by atoms with Gasteiger partial charge in [0.2, 0.25) is 0 Å². The maximum absolute atomic E-state index is 12.2. The summed E-state index contributed by atoms with van der Waals surface area (Å²) in [5.74, 6) is 0.975. The van der Waals surface area contributed by atoms with Crippen LogP contribution in [0.5, 0.6) is 11.5 Å². The quantitative estimate of drug-likeness (QED) is 0.664. The normalized spacial score (nSPS) is 11.0. The lowest BCUT2D eigenvalue weighted by Gasteiger charge is -2.09. The van der Waals surface area contributed by atoms with Crippen LogP contribution < -0.4 is 14.8 Å². The number of rotatable bonds is 5. The van der Waals surface area contributed by atoms with E-state index in [1.165, 1.54) is 11.8 Å². The van der Waals surface area contributed by atoms with Gasteiger partial charge in [-0.05, 0) is 56.2 Å². The standard InChI is InChI=1S/C19H21NO3/c1-13-9-10-16(11-14(13)2)20-19(21)15(3)12-23-18-8-6-5-7-17(18)22-4/h5-12H,1-4H3,(H,20,21). The molecule has 0 spiro atoms. The Morgan fingerprint density at radius 1 is 1.04 bits per heavy atom. The second kappa shape index (κ2) is 7.49. The number of para-hydroxylation sites is 2. The molecule has 0 saturated carbocycles. The van der Waals surface area contributed by atoms with Crippen molar-refractivity contribution in [1.29, 1.82) is 0 Å². The number of nitrogens with one attached hydrogen (secondary N) is 1. The van der Waals surface area contributed by atoms with Crippen LogP contribution in [0.3, 0.4) is 0 Å². The number of methoxy groups -OCH3 is 1. The Morgan fingerprint density at radius 2 is 1.74 bits per heavy atom. The highest BCUT2D eigenvalue weighted by Gasteiger charge is 2.07. The smallest absolute Gasteiger partial charge is 0.254 e. The zero-order valence-corrected chi connectivity index (χ0v) is 13.8. The number of hydrogen-bond donors (Lipinski definition) is 1. The number of carbonyl (C=O) groups is 1. The summed E-state index contributed by atoms with van der Waals surface area (Å²) in [6.07, 6.45) is 1.42. The lowest BCUT2D eigenvalue weighted by molar-refractivity contribution is -0.112. The third-order valence-electron chi connectivity index (χ3n) is 3.55. The molecule has 2 aromatic carbocycles. The highest BCUT2D eigenvalue weighted by molar-refractivity contribution is 6.03. The van der Waals surface area contributed by atoms with E-state index in [-0.39, 0.29) is 5.91 Å². The minimum absolute atomic E-state index is 0.205. The Bertz CT molecular complexity index is 735. The Hall–Kier alpha value is -2.75. The van der Waals surface area contributed by atoms with Crippen LogP contribution in [0.4, 0.5) is 5.69 Å². The second-order valence-electron chi connectivity index (χ2n) is 5.32. The lowest BCUT2D eigenvalue weighted by atomic mass is 10.1. The van der Waals surface area contributed by atoms with Crippen molar-refractivity contribution in [2.24, 2.45) is 0 Å². The zero-order chi connectivity index (χ0) is 16.8. The van der Waals surface area contributed by atoms with Crippen LogP contribution in [0.1, 0.15) is 18.1 Å². The molecule has 0 atom stereocenters. The Morgan fingerprint density at radius 3 is 2.39 bits per heavy atom. The average molecular weight is 311 g/mol. The maximum atomic E-state index is 12.2. The molecule has 1 amide bonds. The fourth-order valence-electron chi connectivity index (χ4n) is 1.97. The molecule has 0 aliphatic carbocycles. The number of carbonyl (C=O) groups excluding carboxylic acids is 1. The predicted molar refractivity (Wildman–Crippen MR) is 91.9 cm³/mol. The Balaban J connectivity index is 2.05. The van der Waals surface area contributed by atoms with E-state index in [0.717, 1.165) is 11.3 Å². The van der Waals surface area contributed by atoms with Gasteiger partial charge in [0, 0.05) is 11.3 Å².